The lowest BCUT2D eigenvalue weighted by Gasteiger charge is -2.07. The topological polar surface area (TPSA) is 72.8 Å². The van der Waals surface area contributed by atoms with Gasteiger partial charge in [-0.25, -0.2) is 5.43 Å². The highest BCUT2D eigenvalue weighted by Gasteiger charge is 2.02. The van der Waals surface area contributed by atoms with Gasteiger partial charge >= 0.3 is 0 Å². The van der Waals surface area contributed by atoms with Gasteiger partial charge in [0.05, 0.1) is 12.8 Å². The maximum Gasteiger partial charge on any atom is 0.277 e. The van der Waals surface area contributed by atoms with Gasteiger partial charge in [0.25, 0.3) is 5.91 Å². The van der Waals surface area contributed by atoms with E-state index in [9.17, 15) is 4.79 Å². The molecule has 24 heavy (non-hydrogen) atoms. The summed E-state index contributed by atoms with van der Waals surface area (Å²) >= 11 is 0. The van der Waals surface area contributed by atoms with Crippen molar-refractivity contribution in [2.45, 2.75) is 19.8 Å². The van der Waals surface area contributed by atoms with E-state index in [0.717, 1.165) is 24.2 Å². The highest BCUT2D eigenvalue weighted by Crippen LogP contribution is 2.17. The Kier molecular flexibility index (Phi) is 7.27. The zero-order valence-electron chi connectivity index (χ0n) is 13.6. The van der Waals surface area contributed by atoms with Gasteiger partial charge in [0.1, 0.15) is 11.5 Å². The first-order chi connectivity index (χ1) is 11.8. The number of unbranched alkanes of at least 4 members (excludes halogenated alkanes) is 1. The summed E-state index contributed by atoms with van der Waals surface area (Å²) in [5.41, 5.74) is 3.20. The number of hydrogen-bond donors (Lipinski definition) is 1. The molecule has 0 radical (unpaired) electrons. The minimum atomic E-state index is -0.335. The van der Waals surface area contributed by atoms with Gasteiger partial charge in [-0.15, -0.1) is 0 Å². The Morgan fingerprint density at radius 1 is 1.21 bits per heavy atom. The maximum absolute atomic E-state index is 11.7. The van der Waals surface area contributed by atoms with Crippen LogP contribution >= 0.6 is 0 Å². The summed E-state index contributed by atoms with van der Waals surface area (Å²) in [5.74, 6) is 1.06. The number of rotatable bonds is 9. The van der Waals surface area contributed by atoms with Gasteiger partial charge in [0.15, 0.2) is 6.61 Å². The standard InChI is InChI=1S/C18H21N3O3/c1-2-3-11-23-16-6-8-17(9-7-16)24-14-18(22)21-20-13-15-5-4-10-19-12-15/h4-10,12-13H,2-3,11,14H2,1H3,(H,21,22)/b20-13+. The van der Waals surface area contributed by atoms with E-state index in [2.05, 4.69) is 22.4 Å². The Morgan fingerprint density at radius 2 is 1.96 bits per heavy atom. The molecule has 0 aliphatic carbocycles. The van der Waals surface area contributed by atoms with Crippen molar-refractivity contribution in [2.75, 3.05) is 13.2 Å². The van der Waals surface area contributed by atoms with Crippen LogP contribution in [0.15, 0.2) is 53.9 Å². The third kappa shape index (κ3) is 6.48. The second-order valence-corrected chi connectivity index (χ2v) is 5.04. The fourth-order valence-corrected chi connectivity index (χ4v) is 1.78. The Balaban J connectivity index is 1.70. The minimum absolute atomic E-state index is 0.111. The van der Waals surface area contributed by atoms with Crippen LogP contribution in [0.1, 0.15) is 25.3 Å². The molecule has 1 aromatic heterocycles. The monoisotopic (exact) mass is 327 g/mol. The number of hydrazone groups is 1. The van der Waals surface area contributed by atoms with Crippen LogP contribution in [0.25, 0.3) is 0 Å². The number of pyridine rings is 1. The molecule has 0 saturated heterocycles. The van der Waals surface area contributed by atoms with Crippen LogP contribution < -0.4 is 14.9 Å². The van der Waals surface area contributed by atoms with Gasteiger partial charge in [0, 0.05) is 18.0 Å². The van der Waals surface area contributed by atoms with E-state index < -0.39 is 0 Å². The van der Waals surface area contributed by atoms with Crippen LogP contribution in [0.2, 0.25) is 0 Å². The maximum atomic E-state index is 11.7. The molecule has 1 heterocycles. The molecule has 2 rings (SSSR count). The van der Waals surface area contributed by atoms with Gasteiger partial charge in [-0.2, -0.15) is 5.10 Å². The lowest BCUT2D eigenvalue weighted by Crippen LogP contribution is -2.24. The zero-order chi connectivity index (χ0) is 17.0. The highest BCUT2D eigenvalue weighted by atomic mass is 16.5. The van der Waals surface area contributed by atoms with Gasteiger partial charge in [-0.05, 0) is 36.8 Å². The summed E-state index contributed by atoms with van der Waals surface area (Å²) < 4.78 is 11.0. The predicted molar refractivity (Wildman–Crippen MR) is 92.3 cm³/mol. The normalized spacial score (nSPS) is 10.5. The van der Waals surface area contributed by atoms with Crippen LogP contribution in [0.3, 0.4) is 0 Å². The van der Waals surface area contributed by atoms with Crippen molar-refractivity contribution < 1.29 is 14.3 Å². The Bertz CT molecular complexity index is 642. The second-order valence-electron chi connectivity index (χ2n) is 5.04. The lowest BCUT2D eigenvalue weighted by molar-refractivity contribution is -0.123. The number of nitrogens with one attached hydrogen (secondary N) is 1. The minimum Gasteiger partial charge on any atom is -0.494 e. The van der Waals surface area contributed by atoms with Gasteiger partial charge in [-0.3, -0.25) is 9.78 Å². The van der Waals surface area contributed by atoms with Gasteiger partial charge in [0.2, 0.25) is 0 Å². The van der Waals surface area contributed by atoms with E-state index in [1.54, 1.807) is 30.6 Å². The molecule has 0 atom stereocenters. The first kappa shape index (κ1) is 17.5. The van der Waals surface area contributed by atoms with Crippen LogP contribution in [0.4, 0.5) is 0 Å². The van der Waals surface area contributed by atoms with E-state index in [4.69, 9.17) is 9.47 Å². The van der Waals surface area contributed by atoms with E-state index in [1.807, 2.05) is 18.2 Å². The third-order valence-electron chi connectivity index (χ3n) is 3.05. The van der Waals surface area contributed by atoms with E-state index in [0.29, 0.717) is 12.4 Å². The zero-order valence-corrected chi connectivity index (χ0v) is 13.6. The molecule has 0 aliphatic rings. The first-order valence-corrected chi connectivity index (χ1v) is 7.85. The van der Waals surface area contributed by atoms with Crippen molar-refractivity contribution in [1.29, 1.82) is 0 Å². The van der Waals surface area contributed by atoms with Crippen molar-refractivity contribution in [1.82, 2.24) is 10.4 Å². The molecule has 126 valence electrons. The predicted octanol–water partition coefficient (Wildman–Crippen LogP) is 2.79. The van der Waals surface area contributed by atoms with E-state index >= 15 is 0 Å². The molecule has 0 spiro atoms. The van der Waals surface area contributed by atoms with E-state index in [1.165, 1.54) is 6.21 Å². The van der Waals surface area contributed by atoms with Gasteiger partial charge in [-0.1, -0.05) is 19.4 Å². The summed E-state index contributed by atoms with van der Waals surface area (Å²) in [6, 6.07) is 10.8. The Morgan fingerprint density at radius 3 is 2.62 bits per heavy atom. The number of hydrogen-bond acceptors (Lipinski definition) is 5. The molecular weight excluding hydrogens is 306 g/mol. The fraction of sp³-hybridized carbons (Fsp3) is 0.278. The van der Waals surface area contributed by atoms with Crippen molar-refractivity contribution >= 4 is 12.1 Å². The Hall–Kier alpha value is -2.89. The average Bonchev–Trinajstić information content (AvgIpc) is 2.62. The molecular formula is C18H21N3O3. The third-order valence-corrected chi connectivity index (χ3v) is 3.05. The first-order valence-electron chi connectivity index (χ1n) is 7.85. The molecule has 1 N–H and O–H groups in total. The number of carbonyl (C=O) groups excluding carboxylic acids is 1. The quantitative estimate of drug-likeness (QED) is 0.437. The number of benzene rings is 1. The number of carbonyl (C=O) groups is 1. The summed E-state index contributed by atoms with van der Waals surface area (Å²) in [5, 5.41) is 3.85. The van der Waals surface area contributed by atoms with Crippen molar-refractivity contribution in [3.05, 3.63) is 54.4 Å². The van der Waals surface area contributed by atoms with Crippen LogP contribution in [0.5, 0.6) is 11.5 Å². The molecule has 2 aromatic rings. The molecule has 1 amide bonds. The summed E-state index contributed by atoms with van der Waals surface area (Å²) in [4.78, 5) is 15.6. The average molecular weight is 327 g/mol. The van der Waals surface area contributed by atoms with Crippen molar-refractivity contribution in [3.63, 3.8) is 0 Å². The van der Waals surface area contributed by atoms with E-state index in [-0.39, 0.29) is 12.5 Å². The molecule has 0 fully saturated rings. The molecule has 0 bridgehead atoms. The Labute approximate surface area is 141 Å². The van der Waals surface area contributed by atoms with Crippen LogP contribution in [-0.2, 0) is 4.79 Å². The summed E-state index contributed by atoms with van der Waals surface area (Å²) in [6.45, 7) is 2.71. The highest BCUT2D eigenvalue weighted by molar-refractivity contribution is 5.82. The lowest BCUT2D eigenvalue weighted by atomic mass is 10.3. The number of amides is 1. The number of nitrogens with zero attached hydrogens (tertiary/aromatic N) is 2. The van der Waals surface area contributed by atoms with Crippen molar-refractivity contribution in [2.24, 2.45) is 5.10 Å². The number of ether oxygens (including phenoxy) is 2. The van der Waals surface area contributed by atoms with Gasteiger partial charge < -0.3 is 9.47 Å². The van der Waals surface area contributed by atoms with Crippen LogP contribution in [0, 0.1) is 0 Å². The largest absolute Gasteiger partial charge is 0.494 e. The summed E-state index contributed by atoms with van der Waals surface area (Å²) in [7, 11) is 0. The smallest absolute Gasteiger partial charge is 0.277 e. The van der Waals surface area contributed by atoms with Crippen molar-refractivity contribution in [3.8, 4) is 11.5 Å². The number of aromatic nitrogens is 1. The van der Waals surface area contributed by atoms with Crippen LogP contribution in [-0.4, -0.2) is 30.3 Å². The SMILES string of the molecule is CCCCOc1ccc(OCC(=O)N/N=C/c2cccnc2)cc1. The summed E-state index contributed by atoms with van der Waals surface area (Å²) in [6.07, 6.45) is 6.96. The second kappa shape index (κ2) is 9.99. The fourth-order valence-electron chi connectivity index (χ4n) is 1.78. The molecule has 0 aliphatic heterocycles. The molecule has 0 unspecified atom stereocenters. The molecule has 6 nitrogen and oxygen atoms in total. The molecule has 6 heteroatoms. The molecule has 1 aromatic carbocycles. The molecule has 0 saturated carbocycles.